The number of benzene rings is 2. The molecule has 0 saturated carbocycles. The number of aliphatic hydroxyl groups excluding tert-OH is 2. The Morgan fingerprint density at radius 3 is 2.43 bits per heavy atom. The Labute approximate surface area is 252 Å². The van der Waals surface area contributed by atoms with Crippen LogP contribution in [0.25, 0.3) is 11.1 Å². The molecular weight excluding hydrogens is 572 g/mol. The van der Waals surface area contributed by atoms with E-state index < -0.39 is 64.0 Å². The third-order valence-corrected chi connectivity index (χ3v) is 8.81. The molecule has 5 rings (SSSR count). The minimum Gasteiger partial charge on any atom is -0.510 e. The lowest BCUT2D eigenvalue weighted by Gasteiger charge is -2.50. The Balaban J connectivity index is 1.64. The molecule has 0 bridgehead atoms. The van der Waals surface area contributed by atoms with Crippen LogP contribution in [0.5, 0.6) is 11.5 Å². The number of ether oxygens (including phenoxy) is 1. The van der Waals surface area contributed by atoms with Crippen molar-refractivity contribution in [2.45, 2.75) is 31.0 Å². The summed E-state index contributed by atoms with van der Waals surface area (Å²) in [4.78, 5) is 52.4. The lowest BCUT2D eigenvalue weighted by molar-refractivity contribution is -0.148. The Bertz CT molecular complexity index is 1680. The van der Waals surface area contributed by atoms with Gasteiger partial charge in [-0.05, 0) is 67.7 Å². The highest BCUT2D eigenvalue weighted by molar-refractivity contribution is 6.24. The number of phenolic OH excluding ortho intramolecular Hbond substituents is 1. The maximum atomic E-state index is 14.0. The number of nitrogens with two attached hydrogens (primary N) is 2. The van der Waals surface area contributed by atoms with E-state index in [0.717, 1.165) is 0 Å². The van der Waals surface area contributed by atoms with Crippen molar-refractivity contribution in [2.75, 3.05) is 27.7 Å². The van der Waals surface area contributed by atoms with Gasteiger partial charge in [-0.15, -0.1) is 0 Å². The number of amides is 2. The number of hydrogen-bond donors (Lipinski definition) is 7. The molecule has 3 aliphatic rings. The molecule has 0 spiro atoms. The summed E-state index contributed by atoms with van der Waals surface area (Å²) < 4.78 is 5.46. The smallest absolute Gasteiger partial charge is 0.255 e. The molecule has 0 aliphatic heterocycles. The maximum absolute atomic E-state index is 14.0. The molecule has 13 heteroatoms. The first kappa shape index (κ1) is 30.7. The van der Waals surface area contributed by atoms with Gasteiger partial charge in [-0.1, -0.05) is 12.1 Å². The zero-order valence-corrected chi connectivity index (χ0v) is 24.4. The second-order valence-corrected chi connectivity index (χ2v) is 11.5. The first-order valence-electron chi connectivity index (χ1n) is 13.9. The van der Waals surface area contributed by atoms with Gasteiger partial charge in [0.05, 0.1) is 25.3 Å². The summed E-state index contributed by atoms with van der Waals surface area (Å²) >= 11 is 0. The van der Waals surface area contributed by atoms with Crippen molar-refractivity contribution in [3.63, 3.8) is 0 Å². The molecule has 13 nitrogen and oxygen atoms in total. The van der Waals surface area contributed by atoms with E-state index in [2.05, 4.69) is 5.32 Å². The van der Waals surface area contributed by atoms with Crippen molar-refractivity contribution < 1.29 is 44.3 Å². The minimum atomic E-state index is -2.71. The number of ketones is 2. The van der Waals surface area contributed by atoms with Crippen molar-refractivity contribution in [1.29, 1.82) is 0 Å². The van der Waals surface area contributed by atoms with Gasteiger partial charge in [0, 0.05) is 23.6 Å². The second kappa shape index (κ2) is 11.1. The fourth-order valence-electron chi connectivity index (χ4n) is 6.93. The van der Waals surface area contributed by atoms with Crippen molar-refractivity contribution in [2.24, 2.45) is 23.3 Å². The van der Waals surface area contributed by atoms with Crippen molar-refractivity contribution in [1.82, 2.24) is 10.2 Å². The molecular formula is C31H34N4O9. The number of hydrogen-bond acceptors (Lipinski definition) is 11. The number of phenols is 1. The molecule has 0 aromatic heterocycles. The SMILES string of the molecule is COc1ccc(-c2ccc(O)c3c2C[C@H]2C[C@H]4[C@H](N(C)C)C(O)=C(C(N)=O)C(=O)[C@@]4(O)C(O)=C2C3=O)cc1CNCC(N)=O. The third-order valence-electron chi connectivity index (χ3n) is 8.81. The molecule has 2 amide bonds. The maximum Gasteiger partial charge on any atom is 0.255 e. The summed E-state index contributed by atoms with van der Waals surface area (Å²) in [5.41, 5.74) is 9.23. The first-order valence-corrected chi connectivity index (χ1v) is 13.9. The number of aromatic hydroxyl groups is 1. The molecule has 2 aromatic rings. The van der Waals surface area contributed by atoms with Gasteiger partial charge in [-0.2, -0.15) is 0 Å². The molecule has 0 fully saturated rings. The number of carbonyl (C=O) groups is 4. The van der Waals surface area contributed by atoms with E-state index in [1.165, 1.54) is 18.1 Å². The fraction of sp³-hybridized carbons (Fsp3) is 0.355. The number of primary amides is 2. The molecule has 2 aromatic carbocycles. The number of nitrogens with one attached hydrogen (secondary N) is 1. The molecule has 44 heavy (non-hydrogen) atoms. The van der Waals surface area contributed by atoms with Crippen molar-refractivity contribution in [3.8, 4) is 22.6 Å². The number of Topliss-reactive ketones (excluding diaryl/α,β-unsaturated/α-hetero) is 2. The Morgan fingerprint density at radius 1 is 1.11 bits per heavy atom. The Hall–Kier alpha value is -4.72. The summed E-state index contributed by atoms with van der Waals surface area (Å²) in [7, 11) is 4.65. The van der Waals surface area contributed by atoms with E-state index in [4.69, 9.17) is 16.2 Å². The van der Waals surface area contributed by atoms with E-state index in [9.17, 15) is 39.6 Å². The fourth-order valence-corrected chi connectivity index (χ4v) is 6.93. The monoisotopic (exact) mass is 606 g/mol. The van der Waals surface area contributed by atoms with Gasteiger partial charge in [0.1, 0.15) is 28.6 Å². The number of nitrogens with zero attached hydrogens (tertiary/aromatic N) is 1. The van der Waals surface area contributed by atoms with Gasteiger partial charge in [0.2, 0.25) is 11.7 Å². The molecule has 0 saturated heterocycles. The number of fused-ring (bicyclic) bond motifs is 3. The average Bonchev–Trinajstić information content (AvgIpc) is 2.94. The number of methoxy groups -OCH3 is 1. The van der Waals surface area contributed by atoms with Gasteiger partial charge < -0.3 is 41.9 Å². The topological polar surface area (TPSA) is 226 Å². The van der Waals surface area contributed by atoms with Gasteiger partial charge in [-0.25, -0.2) is 0 Å². The lowest BCUT2D eigenvalue weighted by Crippen LogP contribution is -2.63. The normalized spacial score (nSPS) is 24.6. The minimum absolute atomic E-state index is 0.0221. The number of rotatable bonds is 8. The summed E-state index contributed by atoms with van der Waals surface area (Å²) in [6.07, 6.45) is 0.116. The summed E-state index contributed by atoms with van der Waals surface area (Å²) in [5, 5.41) is 48.0. The van der Waals surface area contributed by atoms with Crippen LogP contribution in [0.3, 0.4) is 0 Å². The molecule has 0 radical (unpaired) electrons. The molecule has 0 unspecified atom stereocenters. The Morgan fingerprint density at radius 2 is 1.82 bits per heavy atom. The largest absolute Gasteiger partial charge is 0.510 e. The van der Waals surface area contributed by atoms with Crippen LogP contribution in [0.1, 0.15) is 27.9 Å². The van der Waals surface area contributed by atoms with Crippen LogP contribution in [-0.4, -0.2) is 88.1 Å². The van der Waals surface area contributed by atoms with Crippen LogP contribution in [0.15, 0.2) is 53.0 Å². The highest BCUT2D eigenvalue weighted by Gasteiger charge is 2.63. The number of allylic oxidation sites excluding steroid dienone is 1. The zero-order valence-electron chi connectivity index (χ0n) is 24.4. The highest BCUT2D eigenvalue weighted by Crippen LogP contribution is 2.53. The number of likely N-dealkylation sites (N-methyl/N-ethyl adjacent to an activating group) is 1. The quantitative estimate of drug-likeness (QED) is 0.203. The van der Waals surface area contributed by atoms with Crippen LogP contribution < -0.4 is 21.5 Å². The van der Waals surface area contributed by atoms with Gasteiger partial charge >= 0.3 is 0 Å². The van der Waals surface area contributed by atoms with Gasteiger partial charge in [0.15, 0.2) is 11.4 Å². The molecule has 3 aliphatic carbocycles. The van der Waals surface area contributed by atoms with Crippen LogP contribution in [0, 0.1) is 11.8 Å². The van der Waals surface area contributed by atoms with Gasteiger partial charge in [-0.3, -0.25) is 24.1 Å². The van der Waals surface area contributed by atoms with Crippen molar-refractivity contribution in [3.05, 3.63) is 69.7 Å². The predicted molar refractivity (Wildman–Crippen MR) is 157 cm³/mol. The zero-order chi connectivity index (χ0) is 32.2. The van der Waals surface area contributed by atoms with E-state index in [0.29, 0.717) is 28.0 Å². The molecule has 232 valence electrons. The lowest BCUT2D eigenvalue weighted by atomic mass is 9.58. The van der Waals surface area contributed by atoms with E-state index in [1.54, 1.807) is 32.3 Å². The molecule has 9 N–H and O–H groups in total. The predicted octanol–water partition coefficient (Wildman–Crippen LogP) is 0.371. The average molecular weight is 607 g/mol. The summed E-state index contributed by atoms with van der Waals surface area (Å²) in [5.74, 6) is -7.06. The van der Waals surface area contributed by atoms with Gasteiger partial charge in [0.25, 0.3) is 5.91 Å². The summed E-state index contributed by atoms with van der Waals surface area (Å²) in [6, 6.07) is 7.27. The Kier molecular flexibility index (Phi) is 7.74. The van der Waals surface area contributed by atoms with Crippen molar-refractivity contribution >= 4 is 23.4 Å². The first-order chi connectivity index (χ1) is 20.7. The highest BCUT2D eigenvalue weighted by atomic mass is 16.5. The summed E-state index contributed by atoms with van der Waals surface area (Å²) in [6.45, 7) is 0.208. The number of carbonyl (C=O) groups excluding carboxylic acids is 4. The molecule has 4 atom stereocenters. The molecule has 0 heterocycles. The van der Waals surface area contributed by atoms with Crippen LogP contribution in [0.4, 0.5) is 0 Å². The number of aliphatic hydroxyl groups is 3. The van der Waals surface area contributed by atoms with Crippen LogP contribution in [-0.2, 0) is 27.3 Å². The second-order valence-electron chi connectivity index (χ2n) is 11.5. The van der Waals surface area contributed by atoms with Crippen LogP contribution >= 0.6 is 0 Å². The van der Waals surface area contributed by atoms with E-state index >= 15 is 0 Å². The third kappa shape index (κ3) is 4.60. The van der Waals surface area contributed by atoms with E-state index in [-0.39, 0.29) is 42.8 Å². The van der Waals surface area contributed by atoms with Crippen LogP contribution in [0.2, 0.25) is 0 Å². The van der Waals surface area contributed by atoms with E-state index in [1.807, 2.05) is 6.07 Å². The standard InChI is InChI=1S/C31H34N4O9/c1-35(2)25-18-10-14-9-17-16(13-4-7-20(44-3)15(8-13)11-34-12-21(32)37)5-6-19(36)23(17)26(38)22(14)28(40)31(18,43)29(41)24(27(25)39)30(33)42/h4-8,14,18,25,34,36,39-40,43H,9-12H2,1-3H3,(H2,32,37)(H2,33,42)/t14-,18-,25-,31-/m0/s1.